The largest absolute Gasteiger partial charge is 0.744 e. The van der Waals surface area contributed by atoms with Crippen molar-refractivity contribution in [1.29, 1.82) is 0 Å². The molecule has 0 aliphatic rings. The third-order valence-corrected chi connectivity index (χ3v) is 2.20. The molecular weight excluding hydrogens is 218 g/mol. The Morgan fingerprint density at radius 1 is 1.27 bits per heavy atom. The third-order valence-electron chi connectivity index (χ3n) is 1.31. The summed E-state index contributed by atoms with van der Waals surface area (Å²) in [7, 11) is -0.511. The van der Waals surface area contributed by atoms with Crippen molar-refractivity contribution in [3.8, 4) is 0 Å². The van der Waals surface area contributed by atoms with Crippen molar-refractivity contribution in [2.45, 2.75) is 4.90 Å². The summed E-state index contributed by atoms with van der Waals surface area (Å²) in [4.78, 5) is -0.470. The minimum absolute atomic E-state index is 0.0841. The molecule has 0 aliphatic carbocycles. The van der Waals surface area contributed by atoms with Gasteiger partial charge in [-0.05, 0) is 18.2 Å². The van der Waals surface area contributed by atoms with Crippen molar-refractivity contribution in [2.24, 2.45) is 0 Å². The first kappa shape index (κ1) is 13.7. The van der Waals surface area contributed by atoms with Crippen LogP contribution in [-0.4, -0.2) is 27.1 Å². The smallest absolute Gasteiger partial charge is 0.126 e. The zero-order valence-electron chi connectivity index (χ0n) is 8.60. The molecule has 1 aromatic carbocycles. The monoisotopic (exact) mass is 233 g/mol. The maximum atomic E-state index is 10.5. The lowest BCUT2D eigenvalue weighted by Gasteiger charge is -2.09. The second-order valence-corrected chi connectivity index (χ2v) is 4.18. The van der Waals surface area contributed by atoms with Gasteiger partial charge in [0.25, 0.3) is 0 Å². The van der Waals surface area contributed by atoms with Gasteiger partial charge in [0.2, 0.25) is 0 Å². The number of hydrogen-bond acceptors (Lipinski definition) is 5. The molecule has 0 saturated heterocycles. The summed E-state index contributed by atoms with van der Waals surface area (Å²) in [5.41, 5.74) is 10.6. The maximum Gasteiger partial charge on any atom is 0.126 e. The van der Waals surface area contributed by atoms with E-state index >= 15 is 0 Å². The van der Waals surface area contributed by atoms with E-state index in [1.165, 1.54) is 12.1 Å². The molecule has 1 aromatic rings. The molecule has 6 N–H and O–H groups in total. The van der Waals surface area contributed by atoms with Gasteiger partial charge in [0.1, 0.15) is 10.1 Å². The molecule has 0 radical (unpaired) electrons. The lowest BCUT2D eigenvalue weighted by molar-refractivity contribution is -0.597. The Balaban J connectivity index is 0.000000583. The van der Waals surface area contributed by atoms with Gasteiger partial charge in [-0.2, -0.15) is 0 Å². The SMILES string of the molecule is C[NH2+]C.Nc1ccc(N)c(S(=O)(=O)[O-])c1. The summed E-state index contributed by atoms with van der Waals surface area (Å²) >= 11 is 0. The molecule has 0 unspecified atom stereocenters. The molecule has 0 fully saturated rings. The number of nitrogens with two attached hydrogens (primary N) is 3. The molecule has 0 amide bonds. The van der Waals surface area contributed by atoms with Crippen LogP contribution in [0.5, 0.6) is 0 Å². The Kier molecular flexibility index (Phi) is 5.06. The topological polar surface area (TPSA) is 126 Å². The second-order valence-electron chi connectivity index (χ2n) is 2.83. The number of benzene rings is 1. The molecular formula is C8H15N3O3S. The summed E-state index contributed by atoms with van der Waals surface area (Å²) in [6, 6.07) is 3.74. The van der Waals surface area contributed by atoms with Crippen LogP contribution < -0.4 is 16.8 Å². The zero-order chi connectivity index (χ0) is 12.1. The van der Waals surface area contributed by atoms with Crippen LogP contribution in [-0.2, 0) is 10.1 Å². The first-order valence-corrected chi connectivity index (χ1v) is 5.58. The fourth-order valence-electron chi connectivity index (χ4n) is 0.767. The Morgan fingerprint density at radius 2 is 1.73 bits per heavy atom. The minimum Gasteiger partial charge on any atom is -0.744 e. The Morgan fingerprint density at radius 3 is 2.07 bits per heavy atom. The molecule has 7 heteroatoms. The van der Waals surface area contributed by atoms with Gasteiger partial charge in [0.15, 0.2) is 0 Å². The van der Waals surface area contributed by atoms with E-state index in [0.29, 0.717) is 0 Å². The van der Waals surface area contributed by atoms with Crippen LogP contribution in [0.4, 0.5) is 11.4 Å². The molecule has 1 rings (SSSR count). The van der Waals surface area contributed by atoms with Crippen molar-refractivity contribution >= 4 is 21.5 Å². The highest BCUT2D eigenvalue weighted by Crippen LogP contribution is 2.20. The molecule has 0 bridgehead atoms. The highest BCUT2D eigenvalue weighted by atomic mass is 32.2. The van der Waals surface area contributed by atoms with E-state index in [-0.39, 0.29) is 11.4 Å². The van der Waals surface area contributed by atoms with E-state index in [9.17, 15) is 13.0 Å². The van der Waals surface area contributed by atoms with E-state index in [1.54, 1.807) is 0 Å². The number of anilines is 2. The molecule has 0 saturated carbocycles. The first-order valence-electron chi connectivity index (χ1n) is 4.17. The lowest BCUT2D eigenvalue weighted by atomic mass is 10.3. The molecule has 0 atom stereocenters. The number of nitrogen functional groups attached to an aromatic ring is 2. The number of quaternary nitrogens is 1. The molecule has 86 valence electrons. The second kappa shape index (κ2) is 5.54. The fraction of sp³-hybridized carbons (Fsp3) is 0.250. The summed E-state index contributed by atoms with van der Waals surface area (Å²) in [5.74, 6) is 0. The van der Waals surface area contributed by atoms with Gasteiger partial charge in [-0.25, -0.2) is 8.42 Å². The number of rotatable bonds is 1. The summed E-state index contributed by atoms with van der Waals surface area (Å²) in [5, 5.41) is 2.00. The van der Waals surface area contributed by atoms with Gasteiger partial charge in [-0.15, -0.1) is 0 Å². The summed E-state index contributed by atoms with van der Waals surface area (Å²) in [6.07, 6.45) is 0. The van der Waals surface area contributed by atoms with Gasteiger partial charge < -0.3 is 21.3 Å². The van der Waals surface area contributed by atoms with Gasteiger partial charge in [0, 0.05) is 11.4 Å². The molecule has 0 spiro atoms. The predicted octanol–water partition coefficient (Wildman–Crippen LogP) is -1.44. The standard InChI is InChI=1S/C6H8N2O3S.C2H7N/c7-4-1-2-5(8)6(3-4)12(9,10)11;1-3-2/h1-3H,7-8H2,(H,9,10,11);3H,1-2H3. The Bertz CT molecular complexity index is 417. The fourth-order valence-corrected chi connectivity index (χ4v) is 1.40. The number of hydrogen-bond donors (Lipinski definition) is 3. The molecule has 15 heavy (non-hydrogen) atoms. The van der Waals surface area contributed by atoms with Gasteiger partial charge in [-0.3, -0.25) is 0 Å². The third kappa shape index (κ3) is 4.63. The van der Waals surface area contributed by atoms with E-state index < -0.39 is 15.0 Å². The van der Waals surface area contributed by atoms with Gasteiger partial charge in [0.05, 0.1) is 19.0 Å². The van der Waals surface area contributed by atoms with Crippen LogP contribution in [0.15, 0.2) is 23.1 Å². The van der Waals surface area contributed by atoms with Gasteiger partial charge in [-0.1, -0.05) is 0 Å². The van der Waals surface area contributed by atoms with Crippen molar-refractivity contribution in [3.05, 3.63) is 18.2 Å². The van der Waals surface area contributed by atoms with Crippen LogP contribution in [0.25, 0.3) is 0 Å². The van der Waals surface area contributed by atoms with E-state index in [2.05, 4.69) is 0 Å². The van der Waals surface area contributed by atoms with E-state index in [1.807, 2.05) is 19.4 Å². The minimum atomic E-state index is -4.51. The quantitative estimate of drug-likeness (QED) is 0.404. The highest BCUT2D eigenvalue weighted by Gasteiger charge is 2.05. The first-order chi connectivity index (χ1) is 6.82. The van der Waals surface area contributed by atoms with Crippen LogP contribution in [0.3, 0.4) is 0 Å². The van der Waals surface area contributed by atoms with Crippen molar-refractivity contribution in [3.63, 3.8) is 0 Å². The average Bonchev–Trinajstić information content (AvgIpc) is 2.09. The summed E-state index contributed by atoms with van der Waals surface area (Å²) < 4.78 is 31.5. The van der Waals surface area contributed by atoms with E-state index in [4.69, 9.17) is 11.5 Å². The average molecular weight is 233 g/mol. The van der Waals surface area contributed by atoms with Crippen molar-refractivity contribution < 1.29 is 18.3 Å². The predicted molar refractivity (Wildman–Crippen MR) is 57.0 cm³/mol. The Hall–Kier alpha value is -1.31. The normalized spacial score (nSPS) is 10.3. The molecule has 0 aromatic heterocycles. The molecule has 0 aliphatic heterocycles. The van der Waals surface area contributed by atoms with Crippen LogP contribution in [0.2, 0.25) is 0 Å². The van der Waals surface area contributed by atoms with Crippen LogP contribution >= 0.6 is 0 Å². The maximum absolute atomic E-state index is 10.5. The van der Waals surface area contributed by atoms with E-state index in [0.717, 1.165) is 6.07 Å². The molecule has 6 nitrogen and oxygen atoms in total. The van der Waals surface area contributed by atoms with Crippen LogP contribution in [0, 0.1) is 0 Å². The van der Waals surface area contributed by atoms with Gasteiger partial charge >= 0.3 is 0 Å². The summed E-state index contributed by atoms with van der Waals surface area (Å²) in [6.45, 7) is 0. The molecule has 0 heterocycles. The van der Waals surface area contributed by atoms with Crippen molar-refractivity contribution in [2.75, 3.05) is 25.6 Å². The lowest BCUT2D eigenvalue weighted by Crippen LogP contribution is -2.74. The zero-order valence-corrected chi connectivity index (χ0v) is 9.41. The highest BCUT2D eigenvalue weighted by molar-refractivity contribution is 7.86. The Labute approximate surface area is 89.0 Å². The van der Waals surface area contributed by atoms with Crippen molar-refractivity contribution in [1.82, 2.24) is 0 Å². The van der Waals surface area contributed by atoms with Crippen LogP contribution in [0.1, 0.15) is 0 Å².